The summed E-state index contributed by atoms with van der Waals surface area (Å²) in [6.07, 6.45) is 1.67. The second-order valence-corrected chi connectivity index (χ2v) is 7.94. The summed E-state index contributed by atoms with van der Waals surface area (Å²) in [5.41, 5.74) is 3.85. The number of nitrogens with zero attached hydrogens (tertiary/aromatic N) is 3. The van der Waals surface area contributed by atoms with Gasteiger partial charge in [-0.2, -0.15) is 0 Å². The van der Waals surface area contributed by atoms with E-state index in [2.05, 4.69) is 15.6 Å². The number of anilines is 1. The number of imidazole rings is 1. The minimum absolute atomic E-state index is 0.157. The lowest BCUT2D eigenvalue weighted by molar-refractivity contribution is -0.779. The van der Waals surface area contributed by atoms with Crippen LogP contribution in [0.3, 0.4) is 0 Å². The molecule has 0 aliphatic rings. The number of hydrogen-bond donors (Lipinski definition) is 2. The Morgan fingerprint density at radius 1 is 1.10 bits per heavy atom. The van der Waals surface area contributed by atoms with Gasteiger partial charge in [-0.15, -0.1) is 0 Å². The maximum Gasteiger partial charge on any atom is 0.302 e. The lowest BCUT2D eigenvalue weighted by Crippen LogP contribution is -2.36. The first-order valence-corrected chi connectivity index (χ1v) is 10.6. The van der Waals surface area contributed by atoms with Crippen LogP contribution in [0.4, 0.5) is 5.88 Å². The fraction of sp³-hybridized carbons (Fsp3) is 0.182. The average Bonchev–Trinajstić information content (AvgIpc) is 3.41. The molecule has 0 saturated heterocycles. The van der Waals surface area contributed by atoms with E-state index in [0.29, 0.717) is 11.0 Å². The zero-order valence-electron chi connectivity index (χ0n) is 16.7. The summed E-state index contributed by atoms with van der Waals surface area (Å²) in [5.74, 6) is 0.327. The Hall–Kier alpha value is -3.39. The fourth-order valence-electron chi connectivity index (χ4n) is 2.90. The minimum Gasteiger partial charge on any atom is -0.332 e. The molecule has 4 aromatic rings. The van der Waals surface area contributed by atoms with Crippen LogP contribution in [-0.4, -0.2) is 26.9 Å². The van der Waals surface area contributed by atoms with E-state index in [0.717, 1.165) is 22.5 Å². The highest BCUT2D eigenvalue weighted by molar-refractivity contribution is 7.99. The number of rotatable bonds is 7. The maximum absolute atomic E-state index is 12.3. The lowest BCUT2D eigenvalue weighted by Gasteiger charge is -2.02. The number of amides is 1. The standard InChI is InChI=1S/C22H21N5O2S/c1-15(2)27-13-19(29-26-27)23-18(28)14-30-22-24-20(16-9-5-3-6-10-16)21(25-22)17-11-7-4-8-12-17/h3-13,15H,14H2,1-2H3,(H-,23,24,25,26,28)/p+1. The van der Waals surface area contributed by atoms with Gasteiger partial charge >= 0.3 is 5.88 Å². The normalized spacial score (nSPS) is 11.0. The third kappa shape index (κ3) is 4.60. The highest BCUT2D eigenvalue weighted by atomic mass is 32.2. The van der Waals surface area contributed by atoms with Crippen molar-refractivity contribution in [2.24, 2.45) is 0 Å². The predicted octanol–water partition coefficient (Wildman–Crippen LogP) is 4.33. The number of H-pyrrole nitrogens is 1. The lowest BCUT2D eigenvalue weighted by atomic mass is 10.1. The fourth-order valence-corrected chi connectivity index (χ4v) is 3.57. The van der Waals surface area contributed by atoms with Gasteiger partial charge in [0.2, 0.25) is 11.2 Å². The second-order valence-electron chi connectivity index (χ2n) is 6.97. The number of aromatic nitrogens is 4. The van der Waals surface area contributed by atoms with Crippen LogP contribution >= 0.6 is 11.8 Å². The first-order chi connectivity index (χ1) is 14.6. The van der Waals surface area contributed by atoms with E-state index in [1.807, 2.05) is 74.5 Å². The van der Waals surface area contributed by atoms with Crippen LogP contribution in [0.2, 0.25) is 0 Å². The monoisotopic (exact) mass is 420 g/mol. The molecule has 30 heavy (non-hydrogen) atoms. The van der Waals surface area contributed by atoms with Gasteiger partial charge in [-0.3, -0.25) is 14.6 Å². The number of thioether (sulfide) groups is 1. The van der Waals surface area contributed by atoms with E-state index < -0.39 is 0 Å². The third-order valence-electron chi connectivity index (χ3n) is 4.41. The van der Waals surface area contributed by atoms with Gasteiger partial charge in [0.05, 0.1) is 17.1 Å². The van der Waals surface area contributed by atoms with Crippen LogP contribution in [0.1, 0.15) is 19.9 Å². The maximum atomic E-state index is 12.3. The minimum atomic E-state index is -0.189. The first kappa shape index (κ1) is 19.9. The SMILES string of the molecule is CC(C)[n+]1cc(NC(=O)CSc2nc(-c3ccccc3)c(-c3ccccc3)[nH]2)on1. The molecule has 0 aliphatic heterocycles. The summed E-state index contributed by atoms with van der Waals surface area (Å²) in [4.78, 5) is 20.4. The summed E-state index contributed by atoms with van der Waals surface area (Å²) in [7, 11) is 0. The van der Waals surface area contributed by atoms with Gasteiger partial charge in [0, 0.05) is 11.1 Å². The molecule has 0 spiro atoms. The highest BCUT2D eigenvalue weighted by Crippen LogP contribution is 2.32. The van der Waals surface area contributed by atoms with Gasteiger partial charge in [-0.05, 0) is 18.5 Å². The topological polar surface area (TPSA) is 87.7 Å². The summed E-state index contributed by atoms with van der Waals surface area (Å²) in [6, 6.07) is 20.2. The van der Waals surface area contributed by atoms with E-state index in [9.17, 15) is 4.79 Å². The first-order valence-electron chi connectivity index (χ1n) is 9.62. The average molecular weight is 421 g/mol. The molecular weight excluding hydrogens is 398 g/mol. The molecule has 0 aliphatic carbocycles. The number of carbonyl (C=O) groups excluding carboxylic acids is 1. The van der Waals surface area contributed by atoms with E-state index in [1.54, 1.807) is 10.9 Å². The largest absolute Gasteiger partial charge is 0.332 e. The number of nitrogens with one attached hydrogen (secondary N) is 2. The molecule has 7 nitrogen and oxygen atoms in total. The quantitative estimate of drug-likeness (QED) is 0.343. The molecule has 2 heterocycles. The molecule has 152 valence electrons. The molecule has 0 unspecified atom stereocenters. The van der Waals surface area contributed by atoms with Gasteiger partial charge in [-0.25, -0.2) is 4.98 Å². The van der Waals surface area contributed by atoms with Crippen molar-refractivity contribution < 1.29 is 14.0 Å². The van der Waals surface area contributed by atoms with Crippen LogP contribution in [0.5, 0.6) is 0 Å². The Morgan fingerprint density at radius 3 is 2.40 bits per heavy atom. The molecule has 0 saturated carbocycles. The van der Waals surface area contributed by atoms with Crippen molar-refractivity contribution in [1.29, 1.82) is 0 Å². The molecule has 1 amide bonds. The molecule has 2 aromatic carbocycles. The Bertz CT molecular complexity index is 1070. The summed E-state index contributed by atoms with van der Waals surface area (Å²) >= 11 is 1.34. The smallest absolute Gasteiger partial charge is 0.302 e. The number of carbonyl (C=O) groups is 1. The Labute approximate surface area is 178 Å². The predicted molar refractivity (Wildman–Crippen MR) is 116 cm³/mol. The molecule has 0 radical (unpaired) electrons. The van der Waals surface area contributed by atoms with Crippen LogP contribution < -0.4 is 10.00 Å². The van der Waals surface area contributed by atoms with Crippen molar-refractivity contribution in [2.45, 2.75) is 25.0 Å². The van der Waals surface area contributed by atoms with Gasteiger partial charge in [0.15, 0.2) is 11.2 Å². The number of aromatic amines is 1. The van der Waals surface area contributed by atoms with E-state index in [4.69, 9.17) is 9.51 Å². The zero-order chi connectivity index (χ0) is 20.9. The zero-order valence-corrected chi connectivity index (χ0v) is 17.5. The van der Waals surface area contributed by atoms with Gasteiger partial charge in [0.1, 0.15) is 0 Å². The number of benzene rings is 2. The summed E-state index contributed by atoms with van der Waals surface area (Å²) in [5, 5.41) is 7.27. The third-order valence-corrected chi connectivity index (χ3v) is 5.28. The Morgan fingerprint density at radius 2 is 1.77 bits per heavy atom. The van der Waals surface area contributed by atoms with E-state index in [1.165, 1.54) is 11.8 Å². The highest BCUT2D eigenvalue weighted by Gasteiger charge is 2.18. The van der Waals surface area contributed by atoms with Gasteiger partial charge in [-0.1, -0.05) is 72.4 Å². The van der Waals surface area contributed by atoms with E-state index in [-0.39, 0.29) is 17.7 Å². The van der Waals surface area contributed by atoms with E-state index >= 15 is 0 Å². The van der Waals surface area contributed by atoms with Crippen molar-refractivity contribution >= 4 is 23.6 Å². The molecule has 0 atom stereocenters. The van der Waals surface area contributed by atoms with Crippen molar-refractivity contribution in [1.82, 2.24) is 15.2 Å². The van der Waals surface area contributed by atoms with Gasteiger partial charge in [0.25, 0.3) is 6.20 Å². The molecule has 0 fully saturated rings. The molecular formula is C22H22N5O2S+. The van der Waals surface area contributed by atoms with Gasteiger partial charge < -0.3 is 4.98 Å². The molecule has 2 aromatic heterocycles. The molecule has 0 bridgehead atoms. The van der Waals surface area contributed by atoms with Crippen molar-refractivity contribution in [2.75, 3.05) is 11.1 Å². The Balaban J connectivity index is 1.50. The van der Waals surface area contributed by atoms with Crippen LogP contribution in [0, 0.1) is 0 Å². The molecule has 2 N–H and O–H groups in total. The van der Waals surface area contributed by atoms with Crippen LogP contribution in [-0.2, 0) is 4.79 Å². The molecule has 4 rings (SSSR count). The van der Waals surface area contributed by atoms with Crippen LogP contribution in [0.15, 0.2) is 76.5 Å². The van der Waals surface area contributed by atoms with Crippen molar-refractivity contribution in [3.05, 3.63) is 66.9 Å². The second kappa shape index (κ2) is 8.96. The van der Waals surface area contributed by atoms with Crippen molar-refractivity contribution in [3.8, 4) is 22.5 Å². The van der Waals surface area contributed by atoms with Crippen LogP contribution in [0.25, 0.3) is 22.5 Å². The summed E-state index contributed by atoms with van der Waals surface area (Å²) in [6.45, 7) is 3.96. The molecule has 8 heteroatoms. The van der Waals surface area contributed by atoms with Crippen molar-refractivity contribution in [3.63, 3.8) is 0 Å². The summed E-state index contributed by atoms with van der Waals surface area (Å²) < 4.78 is 6.78. The Kier molecular flexibility index (Phi) is 5.94. The number of hydrogen-bond acceptors (Lipinski definition) is 5.